The minimum atomic E-state index is -0.835. The number of carbonyl (C=O) groups excluding carboxylic acids is 3. The molecule has 0 spiro atoms. The number of hydrazine groups is 1. The number of alkyl carbamates (subject to hydrolysis) is 1. The second-order valence-corrected chi connectivity index (χ2v) is 8.75. The molecule has 178 valence electrons. The molecule has 2 unspecified atom stereocenters. The number of amides is 4. The number of anilines is 1. The van der Waals surface area contributed by atoms with Gasteiger partial charge in [0.25, 0.3) is 5.91 Å². The van der Waals surface area contributed by atoms with E-state index in [2.05, 4.69) is 20.6 Å². The van der Waals surface area contributed by atoms with Crippen LogP contribution in [0, 0.1) is 12.8 Å². The summed E-state index contributed by atoms with van der Waals surface area (Å²) >= 11 is 0. The van der Waals surface area contributed by atoms with Gasteiger partial charge in [0.2, 0.25) is 11.8 Å². The molecule has 1 aliphatic heterocycles. The van der Waals surface area contributed by atoms with Crippen molar-refractivity contribution in [3.05, 3.63) is 11.8 Å². The van der Waals surface area contributed by atoms with Crippen LogP contribution in [-0.4, -0.2) is 69.9 Å². The lowest BCUT2D eigenvalue weighted by Gasteiger charge is -2.33. The van der Waals surface area contributed by atoms with Crippen molar-refractivity contribution in [1.82, 2.24) is 25.3 Å². The number of aromatic nitrogens is 2. The summed E-state index contributed by atoms with van der Waals surface area (Å²) in [6.07, 6.45) is 0.589. The lowest BCUT2D eigenvalue weighted by molar-refractivity contribution is -0.143. The van der Waals surface area contributed by atoms with Crippen LogP contribution in [0.2, 0.25) is 0 Å². The molecular formula is C21H34N6O5. The number of urea groups is 1. The molecule has 1 aliphatic rings. The van der Waals surface area contributed by atoms with E-state index in [9.17, 15) is 14.4 Å². The van der Waals surface area contributed by atoms with E-state index in [1.807, 2.05) is 13.8 Å². The van der Waals surface area contributed by atoms with Crippen LogP contribution in [0.4, 0.5) is 15.5 Å². The molecule has 4 amide bonds. The molecule has 0 radical (unpaired) electrons. The SMILES string of the molecule is CCC(C)C(NC(=O)OC(C)(C)C)C(=O)N1CCCN1C(=O)Nc1nc(C)cc(OC)n1. The predicted octanol–water partition coefficient (Wildman–Crippen LogP) is 2.71. The quantitative estimate of drug-likeness (QED) is 0.682. The molecule has 2 rings (SSSR count). The Hall–Kier alpha value is -3.11. The van der Waals surface area contributed by atoms with E-state index >= 15 is 0 Å². The molecule has 2 N–H and O–H groups in total. The molecule has 2 heterocycles. The fourth-order valence-electron chi connectivity index (χ4n) is 3.19. The Morgan fingerprint density at radius 1 is 1.19 bits per heavy atom. The van der Waals surface area contributed by atoms with Crippen LogP contribution >= 0.6 is 0 Å². The second-order valence-electron chi connectivity index (χ2n) is 8.75. The van der Waals surface area contributed by atoms with Gasteiger partial charge in [-0.05, 0) is 40.0 Å². The van der Waals surface area contributed by atoms with Crippen LogP contribution in [0.1, 0.15) is 53.2 Å². The topological polar surface area (TPSA) is 126 Å². The van der Waals surface area contributed by atoms with Crippen molar-refractivity contribution in [3.63, 3.8) is 0 Å². The van der Waals surface area contributed by atoms with E-state index in [0.717, 1.165) is 0 Å². The van der Waals surface area contributed by atoms with Gasteiger partial charge in [-0.1, -0.05) is 20.3 Å². The summed E-state index contributed by atoms with van der Waals surface area (Å²) in [5, 5.41) is 7.97. The number of hydrogen-bond donors (Lipinski definition) is 2. The third kappa shape index (κ3) is 6.69. The van der Waals surface area contributed by atoms with Gasteiger partial charge in [0.05, 0.1) is 7.11 Å². The van der Waals surface area contributed by atoms with Gasteiger partial charge in [-0.3, -0.25) is 10.1 Å². The van der Waals surface area contributed by atoms with Crippen molar-refractivity contribution < 1.29 is 23.9 Å². The van der Waals surface area contributed by atoms with Crippen molar-refractivity contribution >= 4 is 24.0 Å². The fourth-order valence-corrected chi connectivity index (χ4v) is 3.19. The van der Waals surface area contributed by atoms with Crippen molar-refractivity contribution in [3.8, 4) is 5.88 Å². The van der Waals surface area contributed by atoms with E-state index in [1.54, 1.807) is 33.8 Å². The molecule has 1 aromatic heterocycles. The molecule has 11 nitrogen and oxygen atoms in total. The number of aryl methyl sites for hydroxylation is 1. The molecule has 2 atom stereocenters. The normalized spacial score (nSPS) is 15.7. The van der Waals surface area contributed by atoms with Gasteiger partial charge in [0, 0.05) is 24.8 Å². The highest BCUT2D eigenvalue weighted by Gasteiger charge is 2.38. The van der Waals surface area contributed by atoms with Crippen molar-refractivity contribution in [2.45, 2.75) is 66.0 Å². The third-order valence-electron chi connectivity index (χ3n) is 4.93. The monoisotopic (exact) mass is 450 g/mol. The molecule has 1 aromatic rings. The number of methoxy groups -OCH3 is 1. The summed E-state index contributed by atoms with van der Waals surface area (Å²) in [5.41, 5.74) is -0.0680. The fraction of sp³-hybridized carbons (Fsp3) is 0.667. The van der Waals surface area contributed by atoms with Crippen LogP contribution in [0.25, 0.3) is 0 Å². The summed E-state index contributed by atoms with van der Waals surface area (Å²) in [7, 11) is 1.47. The molecular weight excluding hydrogens is 416 g/mol. The van der Waals surface area contributed by atoms with Gasteiger partial charge in [0.1, 0.15) is 11.6 Å². The maximum absolute atomic E-state index is 13.4. The van der Waals surface area contributed by atoms with Gasteiger partial charge in [-0.15, -0.1) is 0 Å². The van der Waals surface area contributed by atoms with E-state index in [4.69, 9.17) is 9.47 Å². The second kappa shape index (κ2) is 10.5. The number of nitrogens with one attached hydrogen (secondary N) is 2. The van der Waals surface area contributed by atoms with Gasteiger partial charge in [-0.2, -0.15) is 4.98 Å². The van der Waals surface area contributed by atoms with Crippen molar-refractivity contribution in [2.75, 3.05) is 25.5 Å². The zero-order valence-electron chi connectivity index (χ0n) is 19.9. The third-order valence-corrected chi connectivity index (χ3v) is 4.93. The largest absolute Gasteiger partial charge is 0.481 e. The Balaban J connectivity index is 2.16. The number of carbonyl (C=O) groups is 3. The summed E-state index contributed by atoms with van der Waals surface area (Å²) < 4.78 is 10.4. The number of ether oxygens (including phenoxy) is 2. The highest BCUT2D eigenvalue weighted by molar-refractivity contribution is 5.92. The Kier molecular flexibility index (Phi) is 8.23. The predicted molar refractivity (Wildman–Crippen MR) is 118 cm³/mol. The van der Waals surface area contributed by atoms with E-state index in [1.165, 1.54) is 17.1 Å². The van der Waals surface area contributed by atoms with Crippen LogP contribution < -0.4 is 15.4 Å². The van der Waals surface area contributed by atoms with Crippen LogP contribution in [0.3, 0.4) is 0 Å². The van der Waals surface area contributed by atoms with Crippen LogP contribution in [-0.2, 0) is 9.53 Å². The van der Waals surface area contributed by atoms with E-state index in [0.29, 0.717) is 37.5 Å². The number of nitrogens with zero attached hydrogens (tertiary/aromatic N) is 4. The number of hydrogen-bond acceptors (Lipinski definition) is 7. The Labute approximate surface area is 188 Å². The lowest BCUT2D eigenvalue weighted by atomic mass is 9.98. The Morgan fingerprint density at radius 3 is 2.44 bits per heavy atom. The molecule has 0 saturated carbocycles. The minimum absolute atomic E-state index is 0.0801. The highest BCUT2D eigenvalue weighted by Crippen LogP contribution is 2.19. The van der Waals surface area contributed by atoms with E-state index < -0.39 is 23.8 Å². The molecule has 0 aromatic carbocycles. The average molecular weight is 451 g/mol. The van der Waals surface area contributed by atoms with Gasteiger partial charge in [-0.25, -0.2) is 24.6 Å². The summed E-state index contributed by atoms with van der Waals surface area (Å²) in [4.78, 5) is 46.9. The van der Waals surface area contributed by atoms with Crippen molar-refractivity contribution in [2.24, 2.45) is 5.92 Å². The smallest absolute Gasteiger partial charge is 0.408 e. The van der Waals surface area contributed by atoms with Crippen LogP contribution in [0.5, 0.6) is 5.88 Å². The number of rotatable bonds is 6. The van der Waals surface area contributed by atoms with Gasteiger partial charge in [0.15, 0.2) is 0 Å². The highest BCUT2D eigenvalue weighted by atomic mass is 16.6. The zero-order chi connectivity index (χ0) is 24.1. The first-order chi connectivity index (χ1) is 14.9. The molecule has 1 saturated heterocycles. The first-order valence-corrected chi connectivity index (χ1v) is 10.7. The first kappa shape index (κ1) is 25.2. The molecule has 11 heteroatoms. The maximum Gasteiger partial charge on any atom is 0.408 e. The standard InChI is InChI=1S/C21H34N6O5/c1-8-13(2)16(24-20(30)32-21(4,5)6)17(28)26-10-9-11-27(26)19(29)25-18-22-14(3)12-15(23-18)31-7/h12-13,16H,8-11H2,1-7H3,(H,24,30)(H,22,23,25,29). The Morgan fingerprint density at radius 2 is 1.84 bits per heavy atom. The summed E-state index contributed by atoms with van der Waals surface area (Å²) in [5.74, 6) is -0.137. The molecule has 0 bridgehead atoms. The van der Waals surface area contributed by atoms with Crippen LogP contribution in [0.15, 0.2) is 6.07 Å². The molecule has 0 aliphatic carbocycles. The zero-order valence-corrected chi connectivity index (χ0v) is 19.9. The van der Waals surface area contributed by atoms with Gasteiger partial charge < -0.3 is 14.8 Å². The molecule has 1 fully saturated rings. The summed E-state index contributed by atoms with van der Waals surface area (Å²) in [6.45, 7) is 11.5. The van der Waals surface area contributed by atoms with E-state index in [-0.39, 0.29) is 17.8 Å². The molecule has 32 heavy (non-hydrogen) atoms. The Bertz CT molecular complexity index is 840. The lowest BCUT2D eigenvalue weighted by Crippen LogP contribution is -2.56. The first-order valence-electron chi connectivity index (χ1n) is 10.7. The van der Waals surface area contributed by atoms with Crippen molar-refractivity contribution in [1.29, 1.82) is 0 Å². The average Bonchev–Trinajstić information content (AvgIpc) is 3.19. The minimum Gasteiger partial charge on any atom is -0.481 e. The maximum atomic E-state index is 13.4. The summed E-state index contributed by atoms with van der Waals surface area (Å²) in [6, 6.07) is 0.266. The van der Waals surface area contributed by atoms with Gasteiger partial charge >= 0.3 is 12.1 Å².